The van der Waals surface area contributed by atoms with Gasteiger partial charge in [-0.05, 0) is 54.1 Å². The average Bonchev–Trinajstić information content (AvgIpc) is 2.38. The van der Waals surface area contributed by atoms with Crippen LogP contribution in [0.25, 0.3) is 0 Å². The smallest absolute Gasteiger partial charge is 0.147 e. The van der Waals surface area contributed by atoms with E-state index in [1.54, 1.807) is 0 Å². The van der Waals surface area contributed by atoms with Crippen LogP contribution in [-0.4, -0.2) is 23.6 Å². The van der Waals surface area contributed by atoms with Crippen molar-refractivity contribution in [3.05, 3.63) is 21.8 Å². The summed E-state index contributed by atoms with van der Waals surface area (Å²) in [7, 11) is 0. The molecule has 19 heavy (non-hydrogen) atoms. The number of nitrogens with zero attached hydrogens (tertiary/aromatic N) is 2. The number of anilines is 1. The van der Waals surface area contributed by atoms with Gasteiger partial charge in [-0.1, -0.05) is 18.5 Å². The van der Waals surface area contributed by atoms with Crippen molar-refractivity contribution >= 4 is 33.3 Å². The van der Waals surface area contributed by atoms with Crippen LogP contribution < -0.4 is 10.6 Å². The van der Waals surface area contributed by atoms with E-state index in [1.807, 2.05) is 12.3 Å². The van der Waals surface area contributed by atoms with Crippen LogP contribution in [0.3, 0.4) is 0 Å². The van der Waals surface area contributed by atoms with E-state index in [0.29, 0.717) is 12.1 Å². The van der Waals surface area contributed by atoms with Gasteiger partial charge in [-0.2, -0.15) is 0 Å². The first-order chi connectivity index (χ1) is 9.11. The van der Waals surface area contributed by atoms with E-state index in [1.165, 1.54) is 0 Å². The van der Waals surface area contributed by atoms with Crippen LogP contribution in [0.2, 0.25) is 5.02 Å². The number of halogens is 2. The molecule has 1 heterocycles. The molecule has 106 valence electrons. The summed E-state index contributed by atoms with van der Waals surface area (Å²) in [6, 6.07) is 2.81. The van der Waals surface area contributed by atoms with Gasteiger partial charge in [-0.25, -0.2) is 4.98 Å². The maximum atomic E-state index is 6.35. The van der Waals surface area contributed by atoms with Crippen molar-refractivity contribution in [2.75, 3.05) is 11.4 Å². The highest BCUT2D eigenvalue weighted by atomic mass is 79.9. The number of hydrogen-bond donors (Lipinski definition) is 1. The first kappa shape index (κ1) is 15.1. The van der Waals surface area contributed by atoms with Crippen LogP contribution in [0.4, 0.5) is 5.82 Å². The van der Waals surface area contributed by atoms with Gasteiger partial charge >= 0.3 is 0 Å². The first-order valence-corrected chi connectivity index (χ1v) is 8.12. The molecule has 0 radical (unpaired) electrons. The molecule has 1 aliphatic rings. The van der Waals surface area contributed by atoms with Crippen molar-refractivity contribution in [2.24, 2.45) is 5.73 Å². The first-order valence-electron chi connectivity index (χ1n) is 6.95. The Hall–Kier alpha value is -0.320. The molecule has 0 atom stereocenters. The predicted octanol–water partition coefficient (Wildman–Crippen LogP) is 3.98. The second kappa shape index (κ2) is 6.91. The number of nitrogens with two attached hydrogens (primary N) is 1. The summed E-state index contributed by atoms with van der Waals surface area (Å²) in [5.74, 6) is 0.909. The minimum absolute atomic E-state index is 0.369. The molecule has 1 aliphatic carbocycles. The molecule has 3 nitrogen and oxygen atoms in total. The Kier molecular flexibility index (Phi) is 5.48. The van der Waals surface area contributed by atoms with Crippen molar-refractivity contribution in [3.63, 3.8) is 0 Å². The zero-order chi connectivity index (χ0) is 13.8. The Morgan fingerprint density at radius 3 is 2.68 bits per heavy atom. The lowest BCUT2D eigenvalue weighted by Gasteiger charge is -2.37. The molecule has 0 aromatic carbocycles. The average molecular weight is 347 g/mol. The van der Waals surface area contributed by atoms with Crippen molar-refractivity contribution < 1.29 is 0 Å². The van der Waals surface area contributed by atoms with Gasteiger partial charge in [0.25, 0.3) is 0 Å². The second-order valence-electron chi connectivity index (χ2n) is 5.22. The topological polar surface area (TPSA) is 42.2 Å². The third-order valence-corrected chi connectivity index (χ3v) is 4.42. The minimum atomic E-state index is 0.369. The molecule has 2 N–H and O–H groups in total. The fourth-order valence-electron chi connectivity index (χ4n) is 2.73. The van der Waals surface area contributed by atoms with Crippen LogP contribution in [0.1, 0.15) is 39.0 Å². The van der Waals surface area contributed by atoms with E-state index in [2.05, 4.69) is 32.7 Å². The molecule has 0 amide bonds. The minimum Gasteiger partial charge on any atom is -0.352 e. The Balaban J connectivity index is 2.19. The maximum Gasteiger partial charge on any atom is 0.147 e. The van der Waals surface area contributed by atoms with Gasteiger partial charge in [0, 0.05) is 29.3 Å². The lowest BCUT2D eigenvalue weighted by Crippen LogP contribution is -2.42. The summed E-state index contributed by atoms with van der Waals surface area (Å²) >= 11 is 9.76. The van der Waals surface area contributed by atoms with Gasteiger partial charge < -0.3 is 10.6 Å². The van der Waals surface area contributed by atoms with Gasteiger partial charge in [0.05, 0.1) is 5.02 Å². The molecule has 1 fully saturated rings. The van der Waals surface area contributed by atoms with Crippen LogP contribution in [0.5, 0.6) is 0 Å². The fraction of sp³-hybridized carbons (Fsp3) is 0.643. The zero-order valence-corrected chi connectivity index (χ0v) is 13.6. The standard InChI is InChI=1S/C14H21BrClN3/c1-2-7-19(12-5-3-11(17)4-6-12)14-13(16)8-10(15)9-18-14/h8-9,11-12H,2-7,17H2,1H3. The van der Waals surface area contributed by atoms with E-state index in [4.69, 9.17) is 17.3 Å². The normalized spacial score (nSPS) is 23.4. The molecule has 5 heteroatoms. The second-order valence-corrected chi connectivity index (χ2v) is 6.54. The molecule has 2 rings (SSSR count). The molecule has 0 aliphatic heterocycles. The van der Waals surface area contributed by atoms with E-state index in [-0.39, 0.29) is 0 Å². The van der Waals surface area contributed by atoms with Gasteiger partial charge in [-0.3, -0.25) is 0 Å². The van der Waals surface area contributed by atoms with Crippen LogP contribution >= 0.6 is 27.5 Å². The lowest BCUT2D eigenvalue weighted by molar-refractivity contribution is 0.374. The van der Waals surface area contributed by atoms with Crippen LogP contribution in [0, 0.1) is 0 Å². The van der Waals surface area contributed by atoms with E-state index >= 15 is 0 Å². The Morgan fingerprint density at radius 2 is 2.11 bits per heavy atom. The predicted molar refractivity (Wildman–Crippen MR) is 84.8 cm³/mol. The van der Waals surface area contributed by atoms with E-state index in [9.17, 15) is 0 Å². The number of rotatable bonds is 4. The van der Waals surface area contributed by atoms with Gasteiger partial charge in [-0.15, -0.1) is 0 Å². The summed E-state index contributed by atoms with van der Waals surface area (Å²) in [6.45, 7) is 3.18. The summed E-state index contributed by atoms with van der Waals surface area (Å²) in [5, 5.41) is 0.720. The van der Waals surface area contributed by atoms with Crippen LogP contribution in [-0.2, 0) is 0 Å². The van der Waals surface area contributed by atoms with Crippen molar-refractivity contribution in [3.8, 4) is 0 Å². The fourth-order valence-corrected chi connectivity index (χ4v) is 3.47. The molecule has 0 spiro atoms. The highest BCUT2D eigenvalue weighted by Gasteiger charge is 2.26. The molecular formula is C14H21BrClN3. The molecule has 0 bridgehead atoms. The molecule has 0 unspecified atom stereocenters. The monoisotopic (exact) mass is 345 g/mol. The zero-order valence-electron chi connectivity index (χ0n) is 11.3. The number of hydrogen-bond acceptors (Lipinski definition) is 3. The van der Waals surface area contributed by atoms with Gasteiger partial charge in [0.15, 0.2) is 0 Å². The van der Waals surface area contributed by atoms with E-state index in [0.717, 1.165) is 54.0 Å². The molecule has 0 saturated heterocycles. The van der Waals surface area contributed by atoms with Crippen LogP contribution in [0.15, 0.2) is 16.7 Å². The van der Waals surface area contributed by atoms with Crippen molar-refractivity contribution in [2.45, 2.75) is 51.1 Å². The van der Waals surface area contributed by atoms with E-state index < -0.39 is 0 Å². The highest BCUT2D eigenvalue weighted by molar-refractivity contribution is 9.10. The SMILES string of the molecule is CCCN(c1ncc(Br)cc1Cl)C1CCC(N)CC1. The third kappa shape index (κ3) is 3.83. The largest absolute Gasteiger partial charge is 0.352 e. The maximum absolute atomic E-state index is 6.35. The Morgan fingerprint density at radius 1 is 1.42 bits per heavy atom. The molecule has 1 aromatic rings. The Labute approximate surface area is 128 Å². The summed E-state index contributed by atoms with van der Waals surface area (Å²) in [4.78, 5) is 6.87. The lowest BCUT2D eigenvalue weighted by atomic mass is 9.90. The molecule has 1 aromatic heterocycles. The quantitative estimate of drug-likeness (QED) is 0.896. The van der Waals surface area contributed by atoms with Crippen molar-refractivity contribution in [1.29, 1.82) is 0 Å². The van der Waals surface area contributed by atoms with Gasteiger partial charge in [0.2, 0.25) is 0 Å². The molecule has 1 saturated carbocycles. The Bertz CT molecular complexity index is 419. The number of pyridine rings is 1. The third-order valence-electron chi connectivity index (χ3n) is 3.71. The summed E-state index contributed by atoms with van der Waals surface area (Å²) in [6.07, 6.45) is 7.37. The highest BCUT2D eigenvalue weighted by Crippen LogP contribution is 2.31. The number of aromatic nitrogens is 1. The van der Waals surface area contributed by atoms with Crippen molar-refractivity contribution in [1.82, 2.24) is 4.98 Å². The summed E-state index contributed by atoms with van der Waals surface area (Å²) < 4.78 is 0.920. The van der Waals surface area contributed by atoms with Gasteiger partial charge in [0.1, 0.15) is 5.82 Å². The molecular weight excluding hydrogens is 326 g/mol. The summed E-state index contributed by atoms with van der Waals surface area (Å²) in [5.41, 5.74) is 5.99.